The van der Waals surface area contributed by atoms with Crippen LogP contribution in [0, 0.1) is 5.92 Å². The van der Waals surface area contributed by atoms with Gasteiger partial charge in [0.15, 0.2) is 0 Å². The normalized spacial score (nSPS) is 18.5. The first-order chi connectivity index (χ1) is 11.0. The number of piperidine rings is 1. The van der Waals surface area contributed by atoms with Crippen LogP contribution in [-0.2, 0) is 4.74 Å². The number of nitrogens with one attached hydrogen (secondary N) is 1. The molecule has 1 aliphatic heterocycles. The van der Waals surface area contributed by atoms with Gasteiger partial charge in [-0.3, -0.25) is 0 Å². The number of aliphatic hydroxyl groups excluding tert-OH is 1. The van der Waals surface area contributed by atoms with E-state index in [9.17, 15) is 4.79 Å². The molecule has 2 unspecified atom stereocenters. The molecular weight excluding hydrogens is 316 g/mol. The quantitative estimate of drug-likeness (QED) is 0.866. The summed E-state index contributed by atoms with van der Waals surface area (Å²) >= 11 is 5.91. The van der Waals surface area contributed by atoms with Gasteiger partial charge in [-0.05, 0) is 43.4 Å². The van der Waals surface area contributed by atoms with E-state index in [1.165, 1.54) is 0 Å². The smallest absolute Gasteiger partial charge is 0.317 e. The molecule has 1 saturated heterocycles. The zero-order chi connectivity index (χ0) is 16.8. The summed E-state index contributed by atoms with van der Waals surface area (Å²) < 4.78 is 5.55. The lowest BCUT2D eigenvalue weighted by molar-refractivity contribution is 0.0715. The Kier molecular flexibility index (Phi) is 6.69. The summed E-state index contributed by atoms with van der Waals surface area (Å²) in [5.74, 6) is 0.317. The first-order valence-corrected chi connectivity index (χ1v) is 8.37. The number of nitrogens with zero attached hydrogens (tertiary/aromatic N) is 1. The zero-order valence-electron chi connectivity index (χ0n) is 13.7. The maximum Gasteiger partial charge on any atom is 0.317 e. The standard InChI is InChI=1S/C17H25ClN2O3/c1-12(16(23-2)14-3-5-15(18)6-4-14)19-17(22)20-9-7-13(11-21)8-10-20/h3-6,12-13,16,21H,7-11H2,1-2H3,(H,19,22). The van der Waals surface area contributed by atoms with Crippen LogP contribution in [0.3, 0.4) is 0 Å². The second-order valence-corrected chi connectivity index (χ2v) is 6.50. The van der Waals surface area contributed by atoms with Crippen LogP contribution in [0.4, 0.5) is 4.79 Å². The highest BCUT2D eigenvalue weighted by Gasteiger charge is 2.26. The number of benzene rings is 1. The Bertz CT molecular complexity index is 501. The van der Waals surface area contributed by atoms with E-state index in [2.05, 4.69) is 5.32 Å². The predicted octanol–water partition coefficient (Wildman–Crippen LogP) is 2.83. The maximum atomic E-state index is 12.4. The minimum Gasteiger partial charge on any atom is -0.396 e. The first-order valence-electron chi connectivity index (χ1n) is 7.99. The van der Waals surface area contributed by atoms with Crippen LogP contribution in [0.2, 0.25) is 5.02 Å². The fraction of sp³-hybridized carbons (Fsp3) is 0.588. The van der Waals surface area contributed by atoms with Gasteiger partial charge in [0.1, 0.15) is 6.10 Å². The molecule has 2 amide bonds. The Balaban J connectivity index is 1.92. The number of aliphatic hydroxyl groups is 1. The summed E-state index contributed by atoms with van der Waals surface area (Å²) in [5, 5.41) is 12.9. The van der Waals surface area contributed by atoms with E-state index in [0.29, 0.717) is 24.0 Å². The Morgan fingerprint density at radius 3 is 2.52 bits per heavy atom. The number of methoxy groups -OCH3 is 1. The van der Waals surface area contributed by atoms with Crippen LogP contribution in [0.5, 0.6) is 0 Å². The second kappa shape index (κ2) is 8.52. The highest BCUT2D eigenvalue weighted by molar-refractivity contribution is 6.30. The van der Waals surface area contributed by atoms with Gasteiger partial charge < -0.3 is 20.1 Å². The minimum atomic E-state index is -0.230. The maximum absolute atomic E-state index is 12.4. The summed E-state index contributed by atoms with van der Waals surface area (Å²) in [6, 6.07) is 7.21. The van der Waals surface area contributed by atoms with Crippen LogP contribution in [0.25, 0.3) is 0 Å². The molecule has 0 aliphatic carbocycles. The van der Waals surface area contributed by atoms with Crippen molar-refractivity contribution in [2.75, 3.05) is 26.8 Å². The van der Waals surface area contributed by atoms with Gasteiger partial charge in [-0.2, -0.15) is 0 Å². The Hall–Kier alpha value is -1.30. The number of hydrogen-bond acceptors (Lipinski definition) is 3. The topological polar surface area (TPSA) is 61.8 Å². The van der Waals surface area contributed by atoms with E-state index < -0.39 is 0 Å². The predicted molar refractivity (Wildman–Crippen MR) is 90.6 cm³/mol. The van der Waals surface area contributed by atoms with E-state index >= 15 is 0 Å². The van der Waals surface area contributed by atoms with Crippen molar-refractivity contribution in [1.82, 2.24) is 10.2 Å². The second-order valence-electron chi connectivity index (χ2n) is 6.06. The average molecular weight is 341 g/mol. The molecule has 1 fully saturated rings. The van der Waals surface area contributed by atoms with Crippen LogP contribution in [0.15, 0.2) is 24.3 Å². The Morgan fingerprint density at radius 1 is 1.39 bits per heavy atom. The SMILES string of the molecule is COC(c1ccc(Cl)cc1)C(C)NC(=O)N1CCC(CO)CC1. The zero-order valence-corrected chi connectivity index (χ0v) is 14.4. The van der Waals surface area contributed by atoms with Gasteiger partial charge in [0.25, 0.3) is 0 Å². The summed E-state index contributed by atoms with van der Waals surface area (Å²) in [7, 11) is 1.63. The number of ether oxygens (including phenoxy) is 1. The number of carbonyl (C=O) groups is 1. The van der Waals surface area contributed by atoms with Crippen molar-refractivity contribution in [3.63, 3.8) is 0 Å². The number of carbonyl (C=O) groups excluding carboxylic acids is 1. The number of halogens is 1. The molecule has 0 aromatic heterocycles. The molecule has 1 aliphatic rings. The van der Waals surface area contributed by atoms with Gasteiger partial charge in [-0.15, -0.1) is 0 Å². The highest BCUT2D eigenvalue weighted by Crippen LogP contribution is 2.23. The van der Waals surface area contributed by atoms with Crippen molar-refractivity contribution in [3.8, 4) is 0 Å². The highest BCUT2D eigenvalue weighted by atomic mass is 35.5. The van der Waals surface area contributed by atoms with Crippen molar-refractivity contribution in [2.24, 2.45) is 5.92 Å². The van der Waals surface area contributed by atoms with E-state index in [1.807, 2.05) is 31.2 Å². The lowest BCUT2D eigenvalue weighted by Crippen LogP contribution is -2.49. The first kappa shape index (κ1) is 18.0. The molecule has 128 valence electrons. The number of rotatable bonds is 5. The van der Waals surface area contributed by atoms with Gasteiger partial charge in [0.2, 0.25) is 0 Å². The van der Waals surface area contributed by atoms with Crippen LogP contribution >= 0.6 is 11.6 Å². The third-order valence-electron chi connectivity index (χ3n) is 4.42. The number of amides is 2. The lowest BCUT2D eigenvalue weighted by atomic mass is 9.98. The van der Waals surface area contributed by atoms with Crippen LogP contribution < -0.4 is 5.32 Å². The number of hydrogen-bond donors (Lipinski definition) is 2. The molecule has 0 bridgehead atoms. The molecule has 0 saturated carbocycles. The molecule has 1 aromatic carbocycles. The van der Waals surface area contributed by atoms with E-state index in [4.69, 9.17) is 21.4 Å². The van der Waals surface area contributed by atoms with E-state index in [-0.39, 0.29) is 24.8 Å². The molecular formula is C17H25ClN2O3. The van der Waals surface area contributed by atoms with Gasteiger partial charge >= 0.3 is 6.03 Å². The van der Waals surface area contributed by atoms with Crippen LogP contribution in [0.1, 0.15) is 31.4 Å². The van der Waals surface area contributed by atoms with Crippen molar-refractivity contribution >= 4 is 17.6 Å². The Labute approximate surface area is 142 Å². The molecule has 1 heterocycles. The molecule has 5 nitrogen and oxygen atoms in total. The summed E-state index contributed by atoms with van der Waals surface area (Å²) in [4.78, 5) is 14.2. The summed E-state index contributed by atoms with van der Waals surface area (Å²) in [6.45, 7) is 3.50. The van der Waals surface area contributed by atoms with Crippen molar-refractivity contribution in [2.45, 2.75) is 31.9 Å². The van der Waals surface area contributed by atoms with Crippen molar-refractivity contribution in [1.29, 1.82) is 0 Å². The Morgan fingerprint density at radius 2 is 2.00 bits per heavy atom. The van der Waals surface area contributed by atoms with Crippen molar-refractivity contribution < 1.29 is 14.6 Å². The van der Waals surface area contributed by atoms with Gasteiger partial charge in [-0.1, -0.05) is 23.7 Å². The molecule has 2 atom stereocenters. The fourth-order valence-corrected chi connectivity index (χ4v) is 3.09. The van der Waals surface area contributed by atoms with Crippen molar-refractivity contribution in [3.05, 3.63) is 34.9 Å². The number of urea groups is 1. The van der Waals surface area contributed by atoms with E-state index in [1.54, 1.807) is 12.0 Å². The molecule has 0 spiro atoms. The summed E-state index contributed by atoms with van der Waals surface area (Å²) in [6.07, 6.45) is 1.47. The largest absolute Gasteiger partial charge is 0.396 e. The van der Waals surface area contributed by atoms with Gasteiger partial charge in [-0.25, -0.2) is 4.79 Å². The minimum absolute atomic E-state index is 0.0788. The third kappa shape index (κ3) is 4.83. The lowest BCUT2D eigenvalue weighted by Gasteiger charge is -2.33. The van der Waals surface area contributed by atoms with Crippen LogP contribution in [-0.4, -0.2) is 48.9 Å². The molecule has 2 rings (SSSR count). The molecule has 2 N–H and O–H groups in total. The monoisotopic (exact) mass is 340 g/mol. The third-order valence-corrected chi connectivity index (χ3v) is 4.67. The molecule has 6 heteroatoms. The van der Waals surface area contributed by atoms with E-state index in [0.717, 1.165) is 18.4 Å². The molecule has 23 heavy (non-hydrogen) atoms. The number of likely N-dealkylation sites (tertiary alicyclic amines) is 1. The fourth-order valence-electron chi connectivity index (χ4n) is 2.96. The average Bonchev–Trinajstić information content (AvgIpc) is 2.57. The molecule has 1 aromatic rings. The summed E-state index contributed by atoms with van der Waals surface area (Å²) in [5.41, 5.74) is 0.976. The van der Waals surface area contributed by atoms with Gasteiger partial charge in [0.05, 0.1) is 6.04 Å². The molecule has 0 radical (unpaired) electrons. The van der Waals surface area contributed by atoms with Gasteiger partial charge in [0, 0.05) is 31.8 Å².